The molecule has 6 heteroatoms. The summed E-state index contributed by atoms with van der Waals surface area (Å²) in [6, 6.07) is 4.57. The third kappa shape index (κ3) is 5.33. The maximum Gasteiger partial charge on any atom is 0.221 e. The van der Waals surface area contributed by atoms with Crippen LogP contribution in [0.3, 0.4) is 0 Å². The van der Waals surface area contributed by atoms with Crippen LogP contribution in [0.25, 0.3) is 0 Å². The zero-order chi connectivity index (χ0) is 12.7. The van der Waals surface area contributed by atoms with Crippen LogP contribution >= 0.6 is 12.4 Å². The highest BCUT2D eigenvalue weighted by molar-refractivity contribution is 5.85. The van der Waals surface area contributed by atoms with Gasteiger partial charge < -0.3 is 15.4 Å². The molecule has 0 heterocycles. The monoisotopic (exact) mass is 276 g/mol. The van der Waals surface area contributed by atoms with Gasteiger partial charge in [-0.1, -0.05) is 6.07 Å². The summed E-state index contributed by atoms with van der Waals surface area (Å²) in [4.78, 5) is 11.3. The molecule has 0 unspecified atom stereocenters. The van der Waals surface area contributed by atoms with E-state index in [1.165, 1.54) is 13.2 Å². The SMILES string of the molecule is CNCCC(=O)NCc1ccc(OC)cc1F.Cl. The topological polar surface area (TPSA) is 50.4 Å². The van der Waals surface area contributed by atoms with Gasteiger partial charge in [0.15, 0.2) is 0 Å². The van der Waals surface area contributed by atoms with Crippen LogP contribution in [0.1, 0.15) is 12.0 Å². The van der Waals surface area contributed by atoms with Crippen molar-refractivity contribution in [2.24, 2.45) is 0 Å². The molecule has 0 saturated carbocycles. The number of ether oxygens (including phenoxy) is 1. The third-order valence-corrected chi connectivity index (χ3v) is 2.34. The molecule has 0 aliphatic rings. The number of rotatable bonds is 6. The van der Waals surface area contributed by atoms with Gasteiger partial charge in [-0.3, -0.25) is 4.79 Å². The number of nitrogens with one attached hydrogen (secondary N) is 2. The van der Waals surface area contributed by atoms with Crippen LogP contribution < -0.4 is 15.4 Å². The first-order chi connectivity index (χ1) is 8.17. The zero-order valence-electron chi connectivity index (χ0n) is 10.5. The van der Waals surface area contributed by atoms with E-state index in [2.05, 4.69) is 10.6 Å². The molecule has 0 spiro atoms. The minimum atomic E-state index is -0.377. The van der Waals surface area contributed by atoms with Crippen molar-refractivity contribution in [2.75, 3.05) is 20.7 Å². The van der Waals surface area contributed by atoms with Gasteiger partial charge in [0, 0.05) is 31.1 Å². The molecule has 1 amide bonds. The Morgan fingerprint density at radius 3 is 2.72 bits per heavy atom. The highest BCUT2D eigenvalue weighted by atomic mass is 35.5. The predicted molar refractivity (Wildman–Crippen MR) is 70.6 cm³/mol. The van der Waals surface area contributed by atoms with Gasteiger partial charge in [-0.25, -0.2) is 4.39 Å². The van der Waals surface area contributed by atoms with Crippen molar-refractivity contribution in [3.8, 4) is 5.75 Å². The van der Waals surface area contributed by atoms with Gasteiger partial charge in [-0.15, -0.1) is 12.4 Å². The van der Waals surface area contributed by atoms with E-state index < -0.39 is 0 Å². The van der Waals surface area contributed by atoms with Crippen LogP contribution in [-0.2, 0) is 11.3 Å². The standard InChI is InChI=1S/C12H17FN2O2.ClH/c1-14-6-5-12(16)15-8-9-3-4-10(17-2)7-11(9)13;/h3-4,7,14H,5-6,8H2,1-2H3,(H,15,16);1H. The fourth-order valence-corrected chi connectivity index (χ4v) is 1.32. The Hall–Kier alpha value is -1.33. The van der Waals surface area contributed by atoms with E-state index in [4.69, 9.17) is 4.74 Å². The molecule has 4 nitrogen and oxygen atoms in total. The molecule has 1 rings (SSSR count). The lowest BCUT2D eigenvalue weighted by Crippen LogP contribution is -2.26. The molecular formula is C12H18ClFN2O2. The number of methoxy groups -OCH3 is 1. The van der Waals surface area contributed by atoms with Crippen molar-refractivity contribution in [3.05, 3.63) is 29.6 Å². The molecule has 0 aromatic heterocycles. The molecule has 0 aliphatic heterocycles. The summed E-state index contributed by atoms with van der Waals surface area (Å²) in [6.07, 6.45) is 0.383. The molecular weight excluding hydrogens is 259 g/mol. The molecule has 1 aromatic rings. The van der Waals surface area contributed by atoms with Crippen LogP contribution in [0.15, 0.2) is 18.2 Å². The molecule has 0 atom stereocenters. The molecule has 102 valence electrons. The molecule has 1 aromatic carbocycles. The summed E-state index contributed by atoms with van der Waals surface area (Å²) in [5.41, 5.74) is 0.448. The van der Waals surface area contributed by atoms with Crippen molar-refractivity contribution in [2.45, 2.75) is 13.0 Å². The van der Waals surface area contributed by atoms with Crippen molar-refractivity contribution >= 4 is 18.3 Å². The molecule has 0 bridgehead atoms. The second-order valence-electron chi connectivity index (χ2n) is 3.59. The van der Waals surface area contributed by atoms with Gasteiger partial charge in [0.1, 0.15) is 11.6 Å². The molecule has 0 radical (unpaired) electrons. The lowest BCUT2D eigenvalue weighted by atomic mass is 10.2. The van der Waals surface area contributed by atoms with Gasteiger partial charge >= 0.3 is 0 Å². The van der Waals surface area contributed by atoms with Crippen molar-refractivity contribution in [3.63, 3.8) is 0 Å². The van der Waals surface area contributed by atoms with Crippen LogP contribution in [-0.4, -0.2) is 26.6 Å². The van der Waals surface area contributed by atoms with E-state index in [0.717, 1.165) is 0 Å². The Labute approximate surface area is 112 Å². The summed E-state index contributed by atoms with van der Waals surface area (Å²) >= 11 is 0. The average Bonchev–Trinajstić information content (AvgIpc) is 2.34. The van der Waals surface area contributed by atoms with E-state index in [1.807, 2.05) is 0 Å². The Morgan fingerprint density at radius 1 is 1.44 bits per heavy atom. The normalized spacial score (nSPS) is 9.50. The molecule has 0 saturated heterocycles. The van der Waals surface area contributed by atoms with Gasteiger partial charge in [-0.2, -0.15) is 0 Å². The third-order valence-electron chi connectivity index (χ3n) is 2.34. The maximum absolute atomic E-state index is 13.5. The minimum Gasteiger partial charge on any atom is -0.497 e. The number of hydrogen-bond donors (Lipinski definition) is 2. The Balaban J connectivity index is 0.00000289. The number of carbonyl (C=O) groups excluding carboxylic acids is 1. The molecule has 18 heavy (non-hydrogen) atoms. The van der Waals surface area contributed by atoms with Gasteiger partial charge in [0.2, 0.25) is 5.91 Å². The summed E-state index contributed by atoms with van der Waals surface area (Å²) in [7, 11) is 3.25. The van der Waals surface area contributed by atoms with E-state index >= 15 is 0 Å². The van der Waals surface area contributed by atoms with E-state index in [1.54, 1.807) is 19.2 Å². The first-order valence-electron chi connectivity index (χ1n) is 5.41. The molecule has 0 aliphatic carbocycles. The van der Waals surface area contributed by atoms with E-state index in [-0.39, 0.29) is 30.7 Å². The van der Waals surface area contributed by atoms with Gasteiger partial charge in [0.25, 0.3) is 0 Å². The molecule has 0 fully saturated rings. The largest absolute Gasteiger partial charge is 0.497 e. The fraction of sp³-hybridized carbons (Fsp3) is 0.417. The highest BCUT2D eigenvalue weighted by Crippen LogP contribution is 2.15. The van der Waals surface area contributed by atoms with Crippen LogP contribution in [0.5, 0.6) is 5.75 Å². The summed E-state index contributed by atoms with van der Waals surface area (Å²) in [5, 5.41) is 5.52. The van der Waals surface area contributed by atoms with Crippen molar-refractivity contribution in [1.29, 1.82) is 0 Å². The maximum atomic E-state index is 13.5. The van der Waals surface area contributed by atoms with Gasteiger partial charge in [0.05, 0.1) is 7.11 Å². The number of amides is 1. The minimum absolute atomic E-state index is 0. The number of hydrogen-bond acceptors (Lipinski definition) is 3. The Kier molecular flexibility index (Phi) is 8.07. The lowest BCUT2D eigenvalue weighted by molar-refractivity contribution is -0.121. The second-order valence-corrected chi connectivity index (χ2v) is 3.59. The van der Waals surface area contributed by atoms with Crippen LogP contribution in [0, 0.1) is 5.82 Å². The second kappa shape index (κ2) is 8.72. The predicted octanol–water partition coefficient (Wildman–Crippen LogP) is 1.48. The lowest BCUT2D eigenvalue weighted by Gasteiger charge is -2.07. The molecule has 2 N–H and O–H groups in total. The van der Waals surface area contributed by atoms with Crippen LogP contribution in [0.4, 0.5) is 4.39 Å². The van der Waals surface area contributed by atoms with Crippen molar-refractivity contribution in [1.82, 2.24) is 10.6 Å². The van der Waals surface area contributed by atoms with E-state index in [0.29, 0.717) is 24.3 Å². The quantitative estimate of drug-likeness (QED) is 0.828. The smallest absolute Gasteiger partial charge is 0.221 e. The van der Waals surface area contributed by atoms with Crippen LogP contribution in [0.2, 0.25) is 0 Å². The fourth-order valence-electron chi connectivity index (χ4n) is 1.32. The highest BCUT2D eigenvalue weighted by Gasteiger charge is 2.05. The number of halogens is 2. The summed E-state index contributed by atoms with van der Waals surface area (Å²) < 4.78 is 18.4. The number of benzene rings is 1. The first-order valence-corrected chi connectivity index (χ1v) is 5.41. The Bertz CT molecular complexity index is 388. The van der Waals surface area contributed by atoms with Gasteiger partial charge in [-0.05, 0) is 13.1 Å². The first kappa shape index (κ1) is 16.7. The summed E-state index contributed by atoms with van der Waals surface area (Å²) in [5.74, 6) is -0.0133. The zero-order valence-corrected chi connectivity index (χ0v) is 11.3. The average molecular weight is 277 g/mol. The number of carbonyl (C=O) groups is 1. The van der Waals surface area contributed by atoms with Crippen molar-refractivity contribution < 1.29 is 13.9 Å². The summed E-state index contributed by atoms with van der Waals surface area (Å²) in [6.45, 7) is 0.801. The van der Waals surface area contributed by atoms with E-state index in [9.17, 15) is 9.18 Å². The Morgan fingerprint density at radius 2 is 2.17 bits per heavy atom.